The second-order valence-corrected chi connectivity index (χ2v) is 13.7. The molecule has 2 heterocycles. The number of H-pyrrole nitrogens is 1. The number of unbranched alkanes of at least 4 members (excludes halogenated alkanes) is 1. The number of carbonyl (C=O) groups excluding carboxylic acids is 3. The summed E-state index contributed by atoms with van der Waals surface area (Å²) in [6, 6.07) is 19.5. The SMILES string of the molecule is COc1ccc2c(c1)CNC(=O)[C@H](Cc1c[nH]c3ccccc13)N(C)C(=O)[C@H](CCCCN)NC(=O)[C@H](CCCN)NCc1ccccc1S2. The Morgan fingerprint density at radius 1 is 0.840 bits per heavy atom. The zero-order valence-electron chi connectivity index (χ0n) is 28.9. The van der Waals surface area contributed by atoms with Crippen molar-refractivity contribution in [2.45, 2.75) is 79.5 Å². The molecule has 8 N–H and O–H groups in total. The number of hydrogen-bond acceptors (Lipinski definition) is 8. The van der Waals surface area contributed by atoms with Crippen LogP contribution >= 0.6 is 11.8 Å². The number of carbonyl (C=O) groups is 3. The van der Waals surface area contributed by atoms with Crippen LogP contribution in [0.3, 0.4) is 0 Å². The summed E-state index contributed by atoms with van der Waals surface area (Å²) < 4.78 is 5.56. The Kier molecular flexibility index (Phi) is 13.3. The first-order chi connectivity index (χ1) is 24.3. The number of rotatable bonds is 10. The lowest BCUT2D eigenvalue weighted by Gasteiger charge is -2.32. The second-order valence-electron chi connectivity index (χ2n) is 12.6. The zero-order chi connectivity index (χ0) is 35.5. The number of para-hydroxylation sites is 1. The molecule has 0 radical (unpaired) electrons. The lowest BCUT2D eigenvalue weighted by Crippen LogP contribution is -2.57. The zero-order valence-corrected chi connectivity index (χ0v) is 29.7. The lowest BCUT2D eigenvalue weighted by molar-refractivity contribution is -0.142. The van der Waals surface area contributed by atoms with E-state index in [4.69, 9.17) is 16.2 Å². The van der Waals surface area contributed by atoms with Crippen LogP contribution in [0.4, 0.5) is 0 Å². The highest BCUT2D eigenvalue weighted by Gasteiger charge is 2.34. The first-order valence-electron chi connectivity index (χ1n) is 17.3. The van der Waals surface area contributed by atoms with E-state index in [9.17, 15) is 14.4 Å². The van der Waals surface area contributed by atoms with Gasteiger partial charge in [-0.1, -0.05) is 48.2 Å². The number of aromatic nitrogens is 1. The van der Waals surface area contributed by atoms with Crippen LogP contribution in [0.5, 0.6) is 5.75 Å². The number of hydrogen-bond donors (Lipinski definition) is 6. The number of likely N-dealkylation sites (N-methyl/N-ethyl adjacent to an activating group) is 1. The van der Waals surface area contributed by atoms with E-state index >= 15 is 0 Å². The number of nitrogens with one attached hydrogen (secondary N) is 4. The summed E-state index contributed by atoms with van der Waals surface area (Å²) in [6.45, 7) is 1.57. The molecule has 3 amide bonds. The van der Waals surface area contributed by atoms with Gasteiger partial charge in [0.25, 0.3) is 0 Å². The molecule has 3 aromatic carbocycles. The maximum atomic E-state index is 14.4. The van der Waals surface area contributed by atoms with Gasteiger partial charge < -0.3 is 42.0 Å². The fourth-order valence-electron chi connectivity index (χ4n) is 6.31. The van der Waals surface area contributed by atoms with E-state index < -0.39 is 18.1 Å². The third-order valence-electron chi connectivity index (χ3n) is 9.23. The van der Waals surface area contributed by atoms with Crippen molar-refractivity contribution >= 4 is 40.4 Å². The first kappa shape index (κ1) is 36.9. The van der Waals surface area contributed by atoms with Gasteiger partial charge in [0.05, 0.1) is 13.2 Å². The van der Waals surface area contributed by atoms with Gasteiger partial charge in [-0.25, -0.2) is 0 Å². The van der Waals surface area contributed by atoms with E-state index in [-0.39, 0.29) is 30.7 Å². The number of nitrogens with zero attached hydrogens (tertiary/aromatic N) is 1. The molecule has 1 aliphatic heterocycles. The third-order valence-corrected chi connectivity index (χ3v) is 10.5. The van der Waals surface area contributed by atoms with Gasteiger partial charge in [-0.15, -0.1) is 0 Å². The highest BCUT2D eigenvalue weighted by atomic mass is 32.2. The lowest BCUT2D eigenvalue weighted by atomic mass is 10.0. The maximum absolute atomic E-state index is 14.4. The maximum Gasteiger partial charge on any atom is 0.245 e. The third kappa shape index (κ3) is 9.25. The molecule has 1 aliphatic rings. The van der Waals surface area contributed by atoms with E-state index in [0.29, 0.717) is 57.5 Å². The van der Waals surface area contributed by atoms with Crippen LogP contribution in [-0.2, 0) is 33.9 Å². The quantitative estimate of drug-likeness (QED) is 0.136. The van der Waals surface area contributed by atoms with Crippen molar-refractivity contribution in [3.8, 4) is 5.75 Å². The van der Waals surface area contributed by atoms with E-state index in [2.05, 4.69) is 27.0 Å². The summed E-state index contributed by atoms with van der Waals surface area (Å²) in [6.07, 6.45) is 5.04. The molecule has 4 aromatic rings. The summed E-state index contributed by atoms with van der Waals surface area (Å²) in [5.41, 5.74) is 15.4. The van der Waals surface area contributed by atoms with Crippen LogP contribution < -0.4 is 32.2 Å². The van der Waals surface area contributed by atoms with Crippen molar-refractivity contribution in [2.75, 3.05) is 27.2 Å². The van der Waals surface area contributed by atoms with Gasteiger partial charge >= 0.3 is 0 Å². The Bertz CT molecular complexity index is 1760. The van der Waals surface area contributed by atoms with Crippen molar-refractivity contribution in [3.05, 3.63) is 89.6 Å². The van der Waals surface area contributed by atoms with Crippen LogP contribution in [0.1, 0.15) is 48.8 Å². The second kappa shape index (κ2) is 18.0. The number of methoxy groups -OCH3 is 1. The Labute approximate surface area is 298 Å². The topological polar surface area (TPSA) is 168 Å². The molecular formula is C38H49N7O4S. The summed E-state index contributed by atoms with van der Waals surface area (Å²) in [4.78, 5) is 49.3. The fraction of sp³-hybridized carbons (Fsp3) is 0.395. The molecule has 0 saturated carbocycles. The van der Waals surface area contributed by atoms with E-state index in [1.165, 1.54) is 4.90 Å². The molecule has 3 atom stereocenters. The highest BCUT2D eigenvalue weighted by Crippen LogP contribution is 2.35. The molecule has 11 nitrogen and oxygen atoms in total. The summed E-state index contributed by atoms with van der Waals surface area (Å²) in [5, 5.41) is 10.6. The van der Waals surface area contributed by atoms with Gasteiger partial charge in [0, 0.05) is 53.4 Å². The van der Waals surface area contributed by atoms with E-state index in [1.54, 1.807) is 25.9 Å². The standard InChI is InChI=1S/C38H49N7O4S/c1-45-33(21-26-23-41-30-12-5-4-11-29(26)30)37(47)43-24-27-20-28(49-2)16-17-35(27)50-34-15-6-3-10-25(34)22-42-31(14-9-19-40)36(46)44-32(38(45)48)13-7-8-18-39/h3-6,10-12,15-17,20,23,31-33,41-42H,7-9,13-14,18-19,21-22,24,39-40H2,1-2H3,(H,43,47)(H,44,46)/t31-,32-,33-/m0/s1. The summed E-state index contributed by atoms with van der Waals surface area (Å²) >= 11 is 1.59. The Balaban J connectivity index is 1.56. The van der Waals surface area contributed by atoms with Crippen molar-refractivity contribution in [1.82, 2.24) is 25.8 Å². The number of fused-ring (bicyclic) bond motifs is 3. The van der Waals surface area contributed by atoms with Crippen LogP contribution in [0.2, 0.25) is 0 Å². The van der Waals surface area contributed by atoms with Crippen LogP contribution in [0.25, 0.3) is 10.9 Å². The minimum atomic E-state index is -0.861. The van der Waals surface area contributed by atoms with Crippen LogP contribution in [0.15, 0.2) is 82.7 Å². The molecule has 0 aliphatic carbocycles. The van der Waals surface area contributed by atoms with Crippen molar-refractivity contribution < 1.29 is 19.1 Å². The fourth-order valence-corrected chi connectivity index (χ4v) is 7.36. The average molecular weight is 700 g/mol. The predicted octanol–water partition coefficient (Wildman–Crippen LogP) is 3.84. The van der Waals surface area contributed by atoms with Gasteiger partial charge in [-0.05, 0) is 92.2 Å². The van der Waals surface area contributed by atoms with Crippen LogP contribution in [0, 0.1) is 0 Å². The predicted molar refractivity (Wildman–Crippen MR) is 198 cm³/mol. The van der Waals surface area contributed by atoms with Crippen LogP contribution in [-0.4, -0.2) is 73.0 Å². The molecule has 0 saturated heterocycles. The van der Waals surface area contributed by atoms with Gasteiger partial charge in [0.15, 0.2) is 0 Å². The molecule has 0 fully saturated rings. The normalized spacial score (nSPS) is 19.3. The molecule has 5 rings (SSSR count). The molecule has 50 heavy (non-hydrogen) atoms. The molecule has 0 unspecified atom stereocenters. The van der Waals surface area contributed by atoms with Gasteiger partial charge in [0.2, 0.25) is 17.7 Å². The van der Waals surface area contributed by atoms with Gasteiger partial charge in [-0.3, -0.25) is 14.4 Å². The first-order valence-corrected chi connectivity index (χ1v) is 18.1. The minimum absolute atomic E-state index is 0.225. The molecule has 1 aromatic heterocycles. The molecule has 12 heteroatoms. The van der Waals surface area contributed by atoms with Crippen molar-refractivity contribution in [1.29, 1.82) is 0 Å². The highest BCUT2D eigenvalue weighted by molar-refractivity contribution is 7.99. The number of ether oxygens (including phenoxy) is 1. The van der Waals surface area contributed by atoms with E-state index in [1.807, 2.05) is 66.9 Å². The largest absolute Gasteiger partial charge is 0.497 e. The smallest absolute Gasteiger partial charge is 0.245 e. The Morgan fingerprint density at radius 2 is 1.58 bits per heavy atom. The van der Waals surface area contributed by atoms with E-state index in [0.717, 1.165) is 37.4 Å². The van der Waals surface area contributed by atoms with Gasteiger partial charge in [-0.2, -0.15) is 0 Å². The van der Waals surface area contributed by atoms with Gasteiger partial charge in [0.1, 0.15) is 17.8 Å². The summed E-state index contributed by atoms with van der Waals surface area (Å²) in [7, 11) is 3.26. The minimum Gasteiger partial charge on any atom is -0.497 e. The number of benzene rings is 3. The number of nitrogens with two attached hydrogens (primary N) is 2. The Hall–Kier alpha value is -4.36. The van der Waals surface area contributed by atoms with Crippen molar-refractivity contribution in [3.63, 3.8) is 0 Å². The number of amides is 3. The number of aromatic amines is 1. The monoisotopic (exact) mass is 699 g/mol. The molecular weight excluding hydrogens is 651 g/mol. The van der Waals surface area contributed by atoms with Crippen molar-refractivity contribution in [2.24, 2.45) is 11.5 Å². The molecule has 266 valence electrons. The average Bonchev–Trinajstić information content (AvgIpc) is 3.55. The molecule has 0 spiro atoms. The summed E-state index contributed by atoms with van der Waals surface area (Å²) in [5.74, 6) is -0.235. The Morgan fingerprint density at radius 3 is 2.38 bits per heavy atom. The molecule has 0 bridgehead atoms.